The molecule has 0 bridgehead atoms. The number of rotatable bonds is 1. The van der Waals surface area contributed by atoms with E-state index in [1.807, 2.05) is 0 Å². The van der Waals surface area contributed by atoms with Crippen molar-refractivity contribution < 1.29 is 9.50 Å². The predicted molar refractivity (Wildman–Crippen MR) is 59.6 cm³/mol. The summed E-state index contributed by atoms with van der Waals surface area (Å²) < 4.78 is 13.5. The zero-order valence-corrected chi connectivity index (χ0v) is 8.91. The van der Waals surface area contributed by atoms with Gasteiger partial charge < -0.3 is 10.0 Å². The molecule has 0 atom stereocenters. The first-order valence-electron chi connectivity index (χ1n) is 5.32. The van der Waals surface area contributed by atoms with Gasteiger partial charge >= 0.3 is 0 Å². The number of halogens is 1. The van der Waals surface area contributed by atoms with E-state index in [-0.39, 0.29) is 12.2 Å². The van der Waals surface area contributed by atoms with Gasteiger partial charge in [0.05, 0.1) is 5.56 Å². The number of pyridine rings is 1. The predicted octanol–water partition coefficient (Wildman–Crippen LogP) is 1.16. The van der Waals surface area contributed by atoms with Crippen LogP contribution in [-0.4, -0.2) is 29.8 Å². The SMILES string of the molecule is OCC#Cc1ccc(N2CCCC2)nc1F. The van der Waals surface area contributed by atoms with Crippen LogP contribution < -0.4 is 4.90 Å². The Morgan fingerprint density at radius 1 is 1.38 bits per heavy atom. The highest BCUT2D eigenvalue weighted by molar-refractivity contribution is 5.44. The summed E-state index contributed by atoms with van der Waals surface area (Å²) in [6.45, 7) is 1.61. The molecule has 1 aromatic heterocycles. The molecule has 4 heteroatoms. The van der Waals surface area contributed by atoms with E-state index in [9.17, 15) is 4.39 Å². The molecule has 0 spiro atoms. The molecule has 0 aromatic carbocycles. The van der Waals surface area contributed by atoms with Crippen molar-refractivity contribution in [1.82, 2.24) is 4.98 Å². The molecule has 0 saturated carbocycles. The Bertz CT molecular complexity index is 430. The zero-order valence-electron chi connectivity index (χ0n) is 8.91. The van der Waals surface area contributed by atoms with E-state index in [0.29, 0.717) is 5.82 Å². The molecule has 1 aliphatic heterocycles. The molecule has 2 rings (SSSR count). The van der Waals surface area contributed by atoms with Crippen LogP contribution in [0.3, 0.4) is 0 Å². The van der Waals surface area contributed by atoms with Crippen LogP contribution in [0.4, 0.5) is 10.2 Å². The molecule has 84 valence electrons. The summed E-state index contributed by atoms with van der Waals surface area (Å²) in [4.78, 5) is 5.95. The third-order valence-electron chi connectivity index (χ3n) is 2.57. The van der Waals surface area contributed by atoms with Crippen molar-refractivity contribution in [3.63, 3.8) is 0 Å². The number of hydrogen-bond donors (Lipinski definition) is 1. The van der Waals surface area contributed by atoms with E-state index in [2.05, 4.69) is 21.7 Å². The molecule has 1 fully saturated rings. The van der Waals surface area contributed by atoms with Crippen molar-refractivity contribution in [2.75, 3.05) is 24.6 Å². The van der Waals surface area contributed by atoms with E-state index < -0.39 is 5.95 Å². The first-order chi connectivity index (χ1) is 7.81. The maximum absolute atomic E-state index is 13.5. The number of nitrogens with zero attached hydrogens (tertiary/aromatic N) is 2. The van der Waals surface area contributed by atoms with Crippen molar-refractivity contribution in [1.29, 1.82) is 0 Å². The lowest BCUT2D eigenvalue weighted by atomic mass is 10.2. The van der Waals surface area contributed by atoms with E-state index in [4.69, 9.17) is 5.11 Å². The molecule has 3 nitrogen and oxygen atoms in total. The van der Waals surface area contributed by atoms with Crippen LogP contribution in [0.5, 0.6) is 0 Å². The minimum Gasteiger partial charge on any atom is -0.384 e. The maximum atomic E-state index is 13.5. The highest BCUT2D eigenvalue weighted by atomic mass is 19.1. The van der Waals surface area contributed by atoms with Crippen molar-refractivity contribution in [2.45, 2.75) is 12.8 Å². The molecule has 2 heterocycles. The fourth-order valence-corrected chi connectivity index (χ4v) is 1.78. The van der Waals surface area contributed by atoms with Crippen molar-refractivity contribution in [2.24, 2.45) is 0 Å². The van der Waals surface area contributed by atoms with Gasteiger partial charge in [0.25, 0.3) is 0 Å². The minimum atomic E-state index is -0.564. The van der Waals surface area contributed by atoms with Crippen molar-refractivity contribution in [3.05, 3.63) is 23.6 Å². The maximum Gasteiger partial charge on any atom is 0.230 e. The Labute approximate surface area is 93.9 Å². The number of aliphatic hydroxyl groups excluding tert-OH is 1. The van der Waals surface area contributed by atoms with Crippen LogP contribution >= 0.6 is 0 Å². The van der Waals surface area contributed by atoms with Crippen molar-refractivity contribution >= 4 is 5.82 Å². The second kappa shape index (κ2) is 4.95. The average molecular weight is 220 g/mol. The van der Waals surface area contributed by atoms with Crippen LogP contribution in [-0.2, 0) is 0 Å². The summed E-state index contributed by atoms with van der Waals surface area (Å²) in [5, 5.41) is 8.52. The van der Waals surface area contributed by atoms with Crippen molar-refractivity contribution in [3.8, 4) is 11.8 Å². The minimum absolute atomic E-state index is 0.233. The summed E-state index contributed by atoms with van der Waals surface area (Å²) in [5.41, 5.74) is 0.233. The van der Waals surface area contributed by atoms with E-state index in [1.54, 1.807) is 12.1 Å². The molecule has 0 radical (unpaired) electrons. The Hall–Kier alpha value is -1.60. The highest BCUT2D eigenvalue weighted by Crippen LogP contribution is 2.18. The fourth-order valence-electron chi connectivity index (χ4n) is 1.78. The van der Waals surface area contributed by atoms with Gasteiger partial charge in [0.1, 0.15) is 12.4 Å². The van der Waals surface area contributed by atoms with Crippen LogP contribution in [0, 0.1) is 17.8 Å². The largest absolute Gasteiger partial charge is 0.384 e. The standard InChI is InChI=1S/C12H13FN2O/c13-12-10(4-3-9-16)5-6-11(14-12)15-7-1-2-8-15/h5-6,16H,1-2,7-9H2. The van der Waals surface area contributed by atoms with E-state index in [0.717, 1.165) is 25.9 Å². The summed E-state index contributed by atoms with van der Waals surface area (Å²) in [7, 11) is 0. The second-order valence-electron chi connectivity index (χ2n) is 3.66. The Balaban J connectivity index is 2.21. The molecule has 1 saturated heterocycles. The van der Waals surface area contributed by atoms with Gasteiger partial charge in [-0.15, -0.1) is 0 Å². The quantitative estimate of drug-likeness (QED) is 0.570. The van der Waals surface area contributed by atoms with Crippen LogP contribution in [0.15, 0.2) is 12.1 Å². The highest BCUT2D eigenvalue weighted by Gasteiger charge is 2.14. The molecular weight excluding hydrogens is 207 g/mol. The van der Waals surface area contributed by atoms with Gasteiger partial charge in [0, 0.05) is 13.1 Å². The Kier molecular flexibility index (Phi) is 3.37. The number of aromatic nitrogens is 1. The zero-order chi connectivity index (χ0) is 11.4. The second-order valence-corrected chi connectivity index (χ2v) is 3.66. The summed E-state index contributed by atoms with van der Waals surface area (Å²) in [5.74, 6) is 5.04. The van der Waals surface area contributed by atoms with Gasteiger partial charge in [0.2, 0.25) is 5.95 Å². The number of anilines is 1. The van der Waals surface area contributed by atoms with E-state index >= 15 is 0 Å². The number of aliphatic hydroxyl groups is 1. The molecule has 0 amide bonds. The molecule has 1 aromatic rings. The lowest BCUT2D eigenvalue weighted by Crippen LogP contribution is -2.19. The molecule has 0 aliphatic carbocycles. The molecule has 0 unspecified atom stereocenters. The third kappa shape index (κ3) is 2.31. The topological polar surface area (TPSA) is 36.4 Å². The Morgan fingerprint density at radius 3 is 2.75 bits per heavy atom. The van der Waals surface area contributed by atoms with Crippen LogP contribution in [0.1, 0.15) is 18.4 Å². The first-order valence-corrected chi connectivity index (χ1v) is 5.32. The normalized spacial score (nSPS) is 14.8. The van der Waals surface area contributed by atoms with Gasteiger partial charge in [0.15, 0.2) is 0 Å². The molecule has 16 heavy (non-hydrogen) atoms. The lowest BCUT2D eigenvalue weighted by Gasteiger charge is -2.15. The fraction of sp³-hybridized carbons (Fsp3) is 0.417. The lowest BCUT2D eigenvalue weighted by molar-refractivity contribution is 0.350. The molecule has 1 aliphatic rings. The average Bonchev–Trinajstić information content (AvgIpc) is 2.81. The van der Waals surface area contributed by atoms with Crippen LogP contribution in [0.2, 0.25) is 0 Å². The summed E-state index contributed by atoms with van der Waals surface area (Å²) in [6.07, 6.45) is 2.27. The summed E-state index contributed by atoms with van der Waals surface area (Å²) >= 11 is 0. The number of hydrogen-bond acceptors (Lipinski definition) is 3. The smallest absolute Gasteiger partial charge is 0.230 e. The van der Waals surface area contributed by atoms with Gasteiger partial charge in [-0.05, 0) is 25.0 Å². The first kappa shape index (κ1) is 10.9. The van der Waals surface area contributed by atoms with E-state index in [1.165, 1.54) is 0 Å². The third-order valence-corrected chi connectivity index (χ3v) is 2.57. The van der Waals surface area contributed by atoms with Gasteiger partial charge in [-0.3, -0.25) is 0 Å². The molecule has 1 N–H and O–H groups in total. The van der Waals surface area contributed by atoms with Gasteiger partial charge in [-0.2, -0.15) is 4.39 Å². The molecular formula is C12H13FN2O. The van der Waals surface area contributed by atoms with Gasteiger partial charge in [-0.1, -0.05) is 11.8 Å². The summed E-state index contributed by atoms with van der Waals surface area (Å²) in [6, 6.07) is 3.38. The Morgan fingerprint density at radius 2 is 2.12 bits per heavy atom. The van der Waals surface area contributed by atoms with Gasteiger partial charge in [-0.25, -0.2) is 4.98 Å². The monoisotopic (exact) mass is 220 g/mol. The van der Waals surface area contributed by atoms with Crippen LogP contribution in [0.25, 0.3) is 0 Å².